The van der Waals surface area contributed by atoms with Crippen molar-refractivity contribution in [3.8, 4) is 0 Å². The van der Waals surface area contributed by atoms with Crippen molar-refractivity contribution in [1.29, 1.82) is 0 Å². The van der Waals surface area contributed by atoms with Crippen molar-refractivity contribution >= 4 is 0 Å². The van der Waals surface area contributed by atoms with Crippen molar-refractivity contribution in [2.45, 2.75) is 25.2 Å². The van der Waals surface area contributed by atoms with E-state index in [2.05, 4.69) is 24.3 Å². The summed E-state index contributed by atoms with van der Waals surface area (Å²) in [5.74, 6) is 0.559. The summed E-state index contributed by atoms with van der Waals surface area (Å²) in [6.07, 6.45) is 5.62. The minimum atomic E-state index is 0.179. The first kappa shape index (κ1) is 9.47. The van der Waals surface area contributed by atoms with E-state index in [0.29, 0.717) is 5.92 Å². The highest BCUT2D eigenvalue weighted by molar-refractivity contribution is 5.31. The average Bonchev–Trinajstić information content (AvgIpc) is 2.68. The minimum Gasteiger partial charge on any atom is -0.392 e. The maximum atomic E-state index is 8.91. The van der Waals surface area contributed by atoms with E-state index >= 15 is 0 Å². The fourth-order valence-corrected chi connectivity index (χ4v) is 2.30. The van der Waals surface area contributed by atoms with Crippen molar-refractivity contribution in [1.82, 2.24) is 0 Å². The Labute approximate surface area is 85.1 Å². The lowest BCUT2D eigenvalue weighted by atomic mass is 9.93. The summed E-state index contributed by atoms with van der Waals surface area (Å²) in [7, 11) is 0. The molecule has 0 heterocycles. The Balaban J connectivity index is 2.22. The molecule has 0 spiro atoms. The van der Waals surface area contributed by atoms with E-state index < -0.39 is 0 Å². The summed E-state index contributed by atoms with van der Waals surface area (Å²) in [6.45, 7) is 0.179. The van der Waals surface area contributed by atoms with Crippen LogP contribution in [0.1, 0.15) is 30.7 Å². The molecule has 1 aromatic rings. The lowest BCUT2D eigenvalue weighted by molar-refractivity contribution is 0.341. The van der Waals surface area contributed by atoms with Crippen molar-refractivity contribution < 1.29 is 5.11 Å². The maximum Gasteiger partial charge on any atom is 0.0615 e. The number of benzene rings is 1. The largest absolute Gasteiger partial charge is 0.392 e. The van der Waals surface area contributed by atoms with Gasteiger partial charge in [-0.1, -0.05) is 42.0 Å². The number of aliphatic hydroxyl groups is 1. The van der Waals surface area contributed by atoms with Crippen LogP contribution in [0.4, 0.5) is 0 Å². The van der Waals surface area contributed by atoms with Gasteiger partial charge in [-0.2, -0.15) is 0 Å². The van der Waals surface area contributed by atoms with Gasteiger partial charge in [-0.15, -0.1) is 0 Å². The van der Waals surface area contributed by atoms with E-state index in [0.717, 1.165) is 6.42 Å². The third-order valence-corrected chi connectivity index (χ3v) is 2.96. The van der Waals surface area contributed by atoms with Gasteiger partial charge in [-0.05, 0) is 24.8 Å². The molecule has 14 heavy (non-hydrogen) atoms. The highest BCUT2D eigenvalue weighted by atomic mass is 16.2. The number of hydrogen-bond donors (Lipinski definition) is 1. The second-order valence-electron chi connectivity index (χ2n) is 3.82. The molecule has 1 atom stereocenters. The van der Waals surface area contributed by atoms with Crippen LogP contribution in [0.25, 0.3) is 0 Å². The molecule has 1 nitrogen and oxygen atoms in total. The predicted octanol–water partition coefficient (Wildman–Crippen LogP) is 2.87. The van der Waals surface area contributed by atoms with Gasteiger partial charge in [0.05, 0.1) is 6.61 Å². The Bertz CT molecular complexity index is 313. The van der Waals surface area contributed by atoms with Crippen LogP contribution in [-0.2, 0) is 0 Å². The standard InChI is InChI=1S/C13H16O/c14-10-9-12-7-4-8-13(12)11-5-2-1-3-6-11/h1-3,5-6,9,13-14H,4,7-8,10H2. The summed E-state index contributed by atoms with van der Waals surface area (Å²) in [5, 5.41) is 8.91. The van der Waals surface area contributed by atoms with Crippen LogP contribution in [0.3, 0.4) is 0 Å². The molecule has 1 unspecified atom stereocenters. The average molecular weight is 188 g/mol. The van der Waals surface area contributed by atoms with Crippen molar-refractivity contribution in [2.75, 3.05) is 6.61 Å². The monoisotopic (exact) mass is 188 g/mol. The fraction of sp³-hybridized carbons (Fsp3) is 0.385. The molecule has 1 fully saturated rings. The van der Waals surface area contributed by atoms with Gasteiger partial charge in [-0.25, -0.2) is 0 Å². The molecule has 1 aliphatic carbocycles. The lowest BCUT2D eigenvalue weighted by Gasteiger charge is -2.11. The molecule has 2 rings (SSSR count). The quantitative estimate of drug-likeness (QED) is 0.707. The third-order valence-electron chi connectivity index (χ3n) is 2.96. The van der Waals surface area contributed by atoms with Gasteiger partial charge < -0.3 is 5.11 Å². The Morgan fingerprint density at radius 3 is 2.79 bits per heavy atom. The van der Waals surface area contributed by atoms with E-state index in [9.17, 15) is 0 Å². The highest BCUT2D eigenvalue weighted by Gasteiger charge is 2.21. The van der Waals surface area contributed by atoms with Crippen LogP contribution in [0, 0.1) is 0 Å². The molecule has 1 saturated carbocycles. The third kappa shape index (κ3) is 1.88. The van der Waals surface area contributed by atoms with E-state index in [1.165, 1.54) is 24.0 Å². The van der Waals surface area contributed by atoms with Gasteiger partial charge in [-0.3, -0.25) is 0 Å². The van der Waals surface area contributed by atoms with Gasteiger partial charge in [0.2, 0.25) is 0 Å². The zero-order chi connectivity index (χ0) is 9.80. The van der Waals surface area contributed by atoms with Crippen LogP contribution in [0.5, 0.6) is 0 Å². The zero-order valence-electron chi connectivity index (χ0n) is 8.32. The summed E-state index contributed by atoms with van der Waals surface area (Å²) in [4.78, 5) is 0. The molecule has 0 amide bonds. The highest BCUT2D eigenvalue weighted by Crippen LogP contribution is 2.38. The van der Waals surface area contributed by atoms with Gasteiger partial charge in [0.25, 0.3) is 0 Å². The first-order valence-corrected chi connectivity index (χ1v) is 5.26. The van der Waals surface area contributed by atoms with Crippen molar-refractivity contribution in [2.24, 2.45) is 0 Å². The van der Waals surface area contributed by atoms with Crippen LogP contribution in [0.2, 0.25) is 0 Å². The Morgan fingerprint density at radius 1 is 1.29 bits per heavy atom. The van der Waals surface area contributed by atoms with E-state index in [1.807, 2.05) is 12.1 Å². The Morgan fingerprint density at radius 2 is 2.07 bits per heavy atom. The summed E-state index contributed by atoms with van der Waals surface area (Å²) in [6, 6.07) is 10.6. The van der Waals surface area contributed by atoms with E-state index in [1.54, 1.807) is 0 Å². The Hall–Kier alpha value is -1.08. The SMILES string of the molecule is OCC=C1CCCC1c1ccccc1. The van der Waals surface area contributed by atoms with Crippen LogP contribution < -0.4 is 0 Å². The van der Waals surface area contributed by atoms with Crippen LogP contribution in [-0.4, -0.2) is 11.7 Å². The van der Waals surface area contributed by atoms with E-state index in [4.69, 9.17) is 5.11 Å². The molecule has 0 aromatic heterocycles. The fourth-order valence-electron chi connectivity index (χ4n) is 2.30. The first-order chi connectivity index (χ1) is 6.92. The number of allylic oxidation sites excluding steroid dienone is 1. The molecule has 1 N–H and O–H groups in total. The van der Waals surface area contributed by atoms with Crippen LogP contribution >= 0.6 is 0 Å². The number of hydrogen-bond acceptors (Lipinski definition) is 1. The lowest BCUT2D eigenvalue weighted by Crippen LogP contribution is -1.95. The molecule has 0 saturated heterocycles. The molecule has 1 aliphatic rings. The normalized spacial score (nSPS) is 24.4. The van der Waals surface area contributed by atoms with Gasteiger partial charge in [0.1, 0.15) is 0 Å². The predicted molar refractivity (Wildman–Crippen MR) is 58.2 cm³/mol. The molecular formula is C13H16O. The number of aliphatic hydroxyl groups excluding tert-OH is 1. The van der Waals surface area contributed by atoms with Crippen molar-refractivity contribution in [3.05, 3.63) is 47.5 Å². The zero-order valence-corrected chi connectivity index (χ0v) is 8.32. The number of rotatable bonds is 2. The first-order valence-electron chi connectivity index (χ1n) is 5.26. The maximum absolute atomic E-state index is 8.91. The second-order valence-corrected chi connectivity index (χ2v) is 3.82. The molecule has 0 radical (unpaired) electrons. The minimum absolute atomic E-state index is 0.179. The smallest absolute Gasteiger partial charge is 0.0615 e. The van der Waals surface area contributed by atoms with Gasteiger partial charge in [0, 0.05) is 5.92 Å². The molecule has 1 heteroatoms. The summed E-state index contributed by atoms with van der Waals surface area (Å²) < 4.78 is 0. The summed E-state index contributed by atoms with van der Waals surface area (Å²) >= 11 is 0. The van der Waals surface area contributed by atoms with Gasteiger partial charge in [0.15, 0.2) is 0 Å². The van der Waals surface area contributed by atoms with Gasteiger partial charge >= 0.3 is 0 Å². The molecule has 74 valence electrons. The molecule has 1 aromatic carbocycles. The summed E-state index contributed by atoms with van der Waals surface area (Å²) in [5.41, 5.74) is 2.81. The Kier molecular flexibility index (Phi) is 3.00. The molecule has 0 aliphatic heterocycles. The molecular weight excluding hydrogens is 172 g/mol. The van der Waals surface area contributed by atoms with E-state index in [-0.39, 0.29) is 6.61 Å². The second kappa shape index (κ2) is 4.43. The van der Waals surface area contributed by atoms with Crippen molar-refractivity contribution in [3.63, 3.8) is 0 Å². The van der Waals surface area contributed by atoms with Crippen LogP contribution in [0.15, 0.2) is 42.0 Å². The molecule has 0 bridgehead atoms. The topological polar surface area (TPSA) is 20.2 Å².